The van der Waals surface area contributed by atoms with Gasteiger partial charge in [0.1, 0.15) is 5.52 Å². The van der Waals surface area contributed by atoms with Gasteiger partial charge in [0.05, 0.1) is 5.75 Å². The van der Waals surface area contributed by atoms with Gasteiger partial charge in [-0.1, -0.05) is 30.0 Å². The maximum Gasteiger partial charge on any atom is 0.253 e. The normalized spacial score (nSPS) is 14.1. The molecule has 0 radical (unpaired) electrons. The zero-order valence-electron chi connectivity index (χ0n) is 17.4. The summed E-state index contributed by atoms with van der Waals surface area (Å²) in [6.07, 6.45) is 3.30. The average Bonchev–Trinajstić information content (AvgIpc) is 3.21. The van der Waals surface area contributed by atoms with Crippen LogP contribution < -0.4 is 5.32 Å². The van der Waals surface area contributed by atoms with Crippen molar-refractivity contribution in [2.24, 2.45) is 0 Å². The number of aromatic amines is 1. The molecule has 3 heterocycles. The number of carbonyl (C=O) groups excluding carboxylic acids is 2. The Labute approximate surface area is 188 Å². The highest BCUT2D eigenvalue weighted by Crippen LogP contribution is 2.23. The number of anilines is 1. The van der Waals surface area contributed by atoms with E-state index in [1.165, 1.54) is 18.2 Å². The van der Waals surface area contributed by atoms with Crippen molar-refractivity contribution in [3.63, 3.8) is 0 Å². The van der Waals surface area contributed by atoms with E-state index >= 15 is 0 Å². The van der Waals surface area contributed by atoms with Crippen molar-refractivity contribution in [1.82, 2.24) is 25.1 Å². The monoisotopic (exact) mass is 446 g/mol. The number of hydrogen-bond donors (Lipinski definition) is 2. The molecule has 1 saturated heterocycles. The summed E-state index contributed by atoms with van der Waals surface area (Å²) < 4.78 is 0. The van der Waals surface area contributed by atoms with E-state index in [-0.39, 0.29) is 17.6 Å². The Bertz CT molecular complexity index is 1280. The quantitative estimate of drug-likeness (QED) is 0.451. The molecule has 4 aromatic rings. The number of aromatic nitrogens is 4. The number of carbonyl (C=O) groups is 2. The molecular formula is C23H22N6O2S. The first-order chi connectivity index (χ1) is 15.7. The number of hydrogen-bond acceptors (Lipinski definition) is 6. The van der Waals surface area contributed by atoms with Gasteiger partial charge in [0.15, 0.2) is 5.65 Å². The van der Waals surface area contributed by atoms with Crippen molar-refractivity contribution < 1.29 is 9.59 Å². The zero-order valence-corrected chi connectivity index (χ0v) is 18.2. The molecule has 0 aliphatic carbocycles. The van der Waals surface area contributed by atoms with Gasteiger partial charge in [-0.2, -0.15) is 0 Å². The maximum absolute atomic E-state index is 12.6. The SMILES string of the molecule is O=C(CSc1nnc2c(n1)[nH]c1ccccc12)Nc1ccc(C(=O)N2CCCCC2)cc1. The van der Waals surface area contributed by atoms with Crippen LogP contribution in [0.1, 0.15) is 29.6 Å². The van der Waals surface area contributed by atoms with Gasteiger partial charge >= 0.3 is 0 Å². The molecule has 0 saturated carbocycles. The van der Waals surface area contributed by atoms with Crippen molar-refractivity contribution in [3.05, 3.63) is 54.1 Å². The summed E-state index contributed by atoms with van der Waals surface area (Å²) in [5.74, 6) is 0.0302. The van der Waals surface area contributed by atoms with Gasteiger partial charge in [0.25, 0.3) is 5.91 Å². The van der Waals surface area contributed by atoms with Gasteiger partial charge in [-0.3, -0.25) is 9.59 Å². The number of amides is 2. The number of piperidine rings is 1. The third kappa shape index (κ3) is 4.29. The largest absolute Gasteiger partial charge is 0.339 e. The van der Waals surface area contributed by atoms with E-state index < -0.39 is 0 Å². The zero-order chi connectivity index (χ0) is 21.9. The number of H-pyrrole nitrogens is 1. The minimum atomic E-state index is -0.176. The lowest BCUT2D eigenvalue weighted by atomic mass is 10.1. The molecular weight excluding hydrogens is 424 g/mol. The van der Waals surface area contributed by atoms with Crippen LogP contribution in [0, 0.1) is 0 Å². The van der Waals surface area contributed by atoms with Gasteiger partial charge in [-0.05, 0) is 49.6 Å². The van der Waals surface area contributed by atoms with Crippen molar-refractivity contribution >= 4 is 51.3 Å². The Balaban J connectivity index is 1.18. The third-order valence-corrected chi connectivity index (χ3v) is 6.33. The van der Waals surface area contributed by atoms with Crippen molar-refractivity contribution in [1.29, 1.82) is 0 Å². The fraction of sp³-hybridized carbons (Fsp3) is 0.261. The summed E-state index contributed by atoms with van der Waals surface area (Å²) in [6, 6.07) is 14.9. The number of nitrogens with one attached hydrogen (secondary N) is 2. The number of fused-ring (bicyclic) bond motifs is 3. The summed E-state index contributed by atoms with van der Waals surface area (Å²) >= 11 is 1.22. The Kier molecular flexibility index (Phi) is 5.72. The summed E-state index contributed by atoms with van der Waals surface area (Å²) in [7, 11) is 0. The second-order valence-electron chi connectivity index (χ2n) is 7.73. The minimum Gasteiger partial charge on any atom is -0.339 e. The molecule has 0 bridgehead atoms. The lowest BCUT2D eigenvalue weighted by Crippen LogP contribution is -2.35. The fourth-order valence-corrected chi connectivity index (χ4v) is 4.46. The predicted molar refractivity (Wildman–Crippen MR) is 125 cm³/mol. The first-order valence-corrected chi connectivity index (χ1v) is 11.6. The van der Waals surface area contributed by atoms with Crippen LogP contribution in [-0.2, 0) is 4.79 Å². The van der Waals surface area contributed by atoms with Crippen LogP contribution in [0.3, 0.4) is 0 Å². The number of rotatable bonds is 5. The van der Waals surface area contributed by atoms with E-state index in [1.807, 2.05) is 29.2 Å². The third-order valence-electron chi connectivity index (χ3n) is 5.49. The van der Waals surface area contributed by atoms with Gasteiger partial charge in [0, 0.05) is 35.2 Å². The molecule has 0 unspecified atom stereocenters. The second kappa shape index (κ2) is 8.96. The average molecular weight is 447 g/mol. The first-order valence-electron chi connectivity index (χ1n) is 10.6. The Morgan fingerprint density at radius 1 is 1.00 bits per heavy atom. The molecule has 5 rings (SSSR count). The predicted octanol–water partition coefficient (Wildman–Crippen LogP) is 3.86. The minimum absolute atomic E-state index is 0.0511. The lowest BCUT2D eigenvalue weighted by Gasteiger charge is -2.26. The van der Waals surface area contributed by atoms with E-state index in [0.717, 1.165) is 36.8 Å². The van der Waals surface area contributed by atoms with Crippen molar-refractivity contribution in [2.75, 3.05) is 24.2 Å². The summed E-state index contributed by atoms with van der Waals surface area (Å²) in [5.41, 5.74) is 3.61. The highest BCUT2D eigenvalue weighted by molar-refractivity contribution is 7.99. The van der Waals surface area contributed by atoms with E-state index in [4.69, 9.17) is 0 Å². The van der Waals surface area contributed by atoms with E-state index in [0.29, 0.717) is 27.6 Å². The Morgan fingerprint density at radius 2 is 1.78 bits per heavy atom. The number of para-hydroxylation sites is 1. The van der Waals surface area contributed by atoms with E-state index in [2.05, 4.69) is 25.5 Å². The molecule has 2 amide bonds. The summed E-state index contributed by atoms with van der Waals surface area (Å²) in [6.45, 7) is 1.63. The van der Waals surface area contributed by atoms with Crippen LogP contribution in [0.5, 0.6) is 0 Å². The van der Waals surface area contributed by atoms with Crippen LogP contribution in [0.2, 0.25) is 0 Å². The highest BCUT2D eigenvalue weighted by atomic mass is 32.2. The van der Waals surface area contributed by atoms with Crippen LogP contribution in [0.25, 0.3) is 22.1 Å². The van der Waals surface area contributed by atoms with Gasteiger partial charge in [0.2, 0.25) is 11.1 Å². The lowest BCUT2D eigenvalue weighted by molar-refractivity contribution is -0.113. The van der Waals surface area contributed by atoms with Crippen LogP contribution in [0.15, 0.2) is 53.7 Å². The molecule has 0 atom stereocenters. The number of thioether (sulfide) groups is 1. The molecule has 0 spiro atoms. The maximum atomic E-state index is 12.6. The molecule has 8 nitrogen and oxygen atoms in total. The van der Waals surface area contributed by atoms with Gasteiger partial charge in [-0.25, -0.2) is 4.98 Å². The Hall–Kier alpha value is -3.46. The standard InChI is InChI=1S/C23H22N6O2S/c30-19(24-16-10-8-15(9-11-16)22(31)29-12-4-1-5-13-29)14-32-23-26-21-20(27-28-23)17-6-2-3-7-18(17)25-21/h2-3,6-11H,1,4-5,12-14H2,(H,24,30)(H,25,26,28). The molecule has 1 fully saturated rings. The van der Waals surface area contributed by atoms with Gasteiger partial charge in [-0.15, -0.1) is 10.2 Å². The first kappa shape index (κ1) is 20.4. The molecule has 2 N–H and O–H groups in total. The van der Waals surface area contributed by atoms with E-state index in [9.17, 15) is 9.59 Å². The van der Waals surface area contributed by atoms with Crippen molar-refractivity contribution in [2.45, 2.75) is 24.4 Å². The van der Waals surface area contributed by atoms with Gasteiger partial charge < -0.3 is 15.2 Å². The smallest absolute Gasteiger partial charge is 0.253 e. The highest BCUT2D eigenvalue weighted by Gasteiger charge is 2.18. The van der Waals surface area contributed by atoms with Crippen LogP contribution in [-0.4, -0.2) is 55.7 Å². The fourth-order valence-electron chi connectivity index (χ4n) is 3.87. The van der Waals surface area contributed by atoms with Crippen LogP contribution >= 0.6 is 11.8 Å². The van der Waals surface area contributed by atoms with Crippen molar-refractivity contribution in [3.8, 4) is 0 Å². The Morgan fingerprint density at radius 3 is 2.59 bits per heavy atom. The number of likely N-dealkylation sites (tertiary alicyclic amines) is 1. The molecule has 1 aliphatic heterocycles. The number of nitrogens with zero attached hydrogens (tertiary/aromatic N) is 4. The van der Waals surface area contributed by atoms with Crippen LogP contribution in [0.4, 0.5) is 5.69 Å². The molecule has 9 heteroatoms. The molecule has 32 heavy (non-hydrogen) atoms. The van der Waals surface area contributed by atoms with E-state index in [1.54, 1.807) is 24.3 Å². The summed E-state index contributed by atoms with van der Waals surface area (Å²) in [5, 5.41) is 12.7. The number of benzene rings is 2. The molecule has 162 valence electrons. The molecule has 2 aromatic carbocycles. The molecule has 2 aromatic heterocycles. The topological polar surface area (TPSA) is 104 Å². The summed E-state index contributed by atoms with van der Waals surface area (Å²) in [4.78, 5) is 34.5. The molecule has 1 aliphatic rings. The second-order valence-corrected chi connectivity index (χ2v) is 8.67.